The predicted octanol–water partition coefficient (Wildman–Crippen LogP) is 3.36. The number of morpholine rings is 1. The van der Waals surface area contributed by atoms with Crippen LogP contribution in [0.25, 0.3) is 0 Å². The van der Waals surface area contributed by atoms with E-state index in [4.69, 9.17) is 4.74 Å². The molecule has 1 heterocycles. The van der Waals surface area contributed by atoms with Gasteiger partial charge in [0.05, 0.1) is 11.2 Å². The third-order valence-corrected chi connectivity index (χ3v) is 4.22. The van der Waals surface area contributed by atoms with Gasteiger partial charge < -0.3 is 10.1 Å². The van der Waals surface area contributed by atoms with Gasteiger partial charge in [-0.15, -0.1) is 0 Å². The SMILES string of the molecule is CCC(C)CC1(CC)CNCC(C)(CC)O1. The van der Waals surface area contributed by atoms with Gasteiger partial charge in [0.2, 0.25) is 0 Å². The fraction of sp³-hybridized carbons (Fsp3) is 1.00. The Kier molecular flexibility index (Phi) is 4.81. The second-order valence-corrected chi connectivity index (χ2v) is 5.76. The average Bonchev–Trinajstić information content (AvgIpc) is 2.29. The van der Waals surface area contributed by atoms with Crippen LogP contribution in [0, 0.1) is 5.92 Å². The third kappa shape index (κ3) is 3.21. The van der Waals surface area contributed by atoms with E-state index in [1.54, 1.807) is 0 Å². The minimum absolute atomic E-state index is 0.0295. The van der Waals surface area contributed by atoms with E-state index < -0.39 is 0 Å². The first-order valence-electron chi connectivity index (χ1n) is 6.90. The standard InChI is InChI=1S/C14H29NO/c1-6-12(4)9-14(8-3)11-15-10-13(5,7-2)16-14/h12,15H,6-11H2,1-5H3. The van der Waals surface area contributed by atoms with Gasteiger partial charge in [0, 0.05) is 13.1 Å². The molecule has 0 amide bonds. The normalized spacial score (nSPS) is 37.3. The summed E-state index contributed by atoms with van der Waals surface area (Å²) < 4.78 is 6.47. The number of ether oxygens (including phenoxy) is 1. The van der Waals surface area contributed by atoms with Crippen molar-refractivity contribution in [1.29, 1.82) is 0 Å². The van der Waals surface area contributed by atoms with Crippen molar-refractivity contribution >= 4 is 0 Å². The molecule has 0 aromatic rings. The topological polar surface area (TPSA) is 21.3 Å². The molecule has 1 aliphatic rings. The van der Waals surface area contributed by atoms with E-state index in [1.807, 2.05) is 0 Å². The van der Waals surface area contributed by atoms with Crippen molar-refractivity contribution < 1.29 is 4.74 Å². The van der Waals surface area contributed by atoms with Crippen LogP contribution >= 0.6 is 0 Å². The van der Waals surface area contributed by atoms with Gasteiger partial charge in [-0.05, 0) is 32.1 Å². The molecule has 1 saturated heterocycles. The van der Waals surface area contributed by atoms with Gasteiger partial charge in [-0.25, -0.2) is 0 Å². The first-order chi connectivity index (χ1) is 7.49. The van der Waals surface area contributed by atoms with Crippen molar-refractivity contribution in [1.82, 2.24) is 5.32 Å². The summed E-state index contributed by atoms with van der Waals surface area (Å²) in [6.07, 6.45) is 4.62. The Labute approximate surface area is 101 Å². The summed E-state index contributed by atoms with van der Waals surface area (Å²) in [6, 6.07) is 0. The van der Waals surface area contributed by atoms with Gasteiger partial charge in [-0.2, -0.15) is 0 Å². The first-order valence-corrected chi connectivity index (χ1v) is 6.90. The summed E-state index contributed by atoms with van der Waals surface area (Å²) in [5, 5.41) is 3.57. The van der Waals surface area contributed by atoms with Crippen molar-refractivity contribution in [3.8, 4) is 0 Å². The van der Waals surface area contributed by atoms with Gasteiger partial charge in [-0.3, -0.25) is 0 Å². The van der Waals surface area contributed by atoms with Gasteiger partial charge in [-0.1, -0.05) is 34.1 Å². The highest BCUT2D eigenvalue weighted by atomic mass is 16.5. The Morgan fingerprint density at radius 3 is 2.38 bits per heavy atom. The number of nitrogens with one attached hydrogen (secondary N) is 1. The lowest BCUT2D eigenvalue weighted by Gasteiger charge is -2.48. The van der Waals surface area contributed by atoms with E-state index in [0.717, 1.165) is 31.8 Å². The molecule has 0 aromatic carbocycles. The second kappa shape index (κ2) is 5.50. The Hall–Kier alpha value is -0.0800. The van der Waals surface area contributed by atoms with Crippen LogP contribution in [0.3, 0.4) is 0 Å². The van der Waals surface area contributed by atoms with Crippen LogP contribution in [-0.4, -0.2) is 24.3 Å². The Morgan fingerprint density at radius 1 is 1.19 bits per heavy atom. The smallest absolute Gasteiger partial charge is 0.0814 e. The quantitative estimate of drug-likeness (QED) is 0.777. The lowest BCUT2D eigenvalue weighted by molar-refractivity contribution is -0.180. The highest BCUT2D eigenvalue weighted by Crippen LogP contribution is 2.34. The fourth-order valence-electron chi connectivity index (χ4n) is 2.58. The van der Waals surface area contributed by atoms with Gasteiger partial charge in [0.1, 0.15) is 0 Å². The highest BCUT2D eigenvalue weighted by Gasteiger charge is 2.41. The molecule has 3 atom stereocenters. The monoisotopic (exact) mass is 227 g/mol. The lowest BCUT2D eigenvalue weighted by Crippen LogP contribution is -2.59. The molecule has 16 heavy (non-hydrogen) atoms. The Bertz CT molecular complexity index is 219. The summed E-state index contributed by atoms with van der Waals surface area (Å²) in [5.74, 6) is 0.751. The average molecular weight is 227 g/mol. The maximum Gasteiger partial charge on any atom is 0.0814 e. The van der Waals surface area contributed by atoms with Gasteiger partial charge in [0.25, 0.3) is 0 Å². The Balaban J connectivity index is 2.71. The van der Waals surface area contributed by atoms with Crippen LogP contribution in [0.4, 0.5) is 0 Å². The molecule has 1 N–H and O–H groups in total. The maximum atomic E-state index is 6.47. The van der Waals surface area contributed by atoms with Crippen molar-refractivity contribution in [3.05, 3.63) is 0 Å². The lowest BCUT2D eigenvalue weighted by atomic mass is 9.84. The first kappa shape index (κ1) is 14.0. The minimum atomic E-state index is 0.0295. The number of hydrogen-bond acceptors (Lipinski definition) is 2. The van der Waals surface area contributed by atoms with Crippen LogP contribution in [0.2, 0.25) is 0 Å². The number of hydrogen-bond donors (Lipinski definition) is 1. The van der Waals surface area contributed by atoms with Gasteiger partial charge in [0.15, 0.2) is 0 Å². The van der Waals surface area contributed by atoms with E-state index in [2.05, 4.69) is 39.9 Å². The molecular weight excluding hydrogens is 198 g/mol. The molecule has 1 aliphatic heterocycles. The summed E-state index contributed by atoms with van der Waals surface area (Å²) >= 11 is 0. The summed E-state index contributed by atoms with van der Waals surface area (Å²) in [5.41, 5.74) is 0.0974. The zero-order valence-corrected chi connectivity index (χ0v) is 11.7. The van der Waals surface area contributed by atoms with Crippen molar-refractivity contribution in [2.24, 2.45) is 5.92 Å². The van der Waals surface area contributed by atoms with E-state index in [9.17, 15) is 0 Å². The van der Waals surface area contributed by atoms with Gasteiger partial charge >= 0.3 is 0 Å². The van der Waals surface area contributed by atoms with E-state index >= 15 is 0 Å². The van der Waals surface area contributed by atoms with Crippen LogP contribution in [-0.2, 0) is 4.74 Å². The van der Waals surface area contributed by atoms with E-state index in [-0.39, 0.29) is 11.2 Å². The highest BCUT2D eigenvalue weighted by molar-refractivity contribution is 4.94. The van der Waals surface area contributed by atoms with Crippen LogP contribution in [0.5, 0.6) is 0 Å². The summed E-state index contributed by atoms with van der Waals surface area (Å²) in [4.78, 5) is 0. The molecular formula is C14H29NO. The molecule has 1 fully saturated rings. The maximum absolute atomic E-state index is 6.47. The number of rotatable bonds is 5. The third-order valence-electron chi connectivity index (χ3n) is 4.22. The minimum Gasteiger partial charge on any atom is -0.366 e. The summed E-state index contributed by atoms with van der Waals surface area (Å²) in [7, 11) is 0. The zero-order chi connectivity index (χ0) is 12.2. The largest absolute Gasteiger partial charge is 0.366 e. The summed E-state index contributed by atoms with van der Waals surface area (Å²) in [6.45, 7) is 13.3. The molecule has 0 bridgehead atoms. The van der Waals surface area contributed by atoms with Crippen LogP contribution in [0.1, 0.15) is 60.3 Å². The van der Waals surface area contributed by atoms with Crippen molar-refractivity contribution in [2.45, 2.75) is 71.5 Å². The Morgan fingerprint density at radius 2 is 1.88 bits per heavy atom. The van der Waals surface area contributed by atoms with Crippen molar-refractivity contribution in [2.75, 3.05) is 13.1 Å². The molecule has 3 unspecified atom stereocenters. The second-order valence-electron chi connectivity index (χ2n) is 5.76. The molecule has 1 rings (SSSR count). The molecule has 2 nitrogen and oxygen atoms in total. The molecule has 0 spiro atoms. The predicted molar refractivity (Wildman–Crippen MR) is 69.7 cm³/mol. The molecule has 0 saturated carbocycles. The van der Waals surface area contributed by atoms with Crippen molar-refractivity contribution in [3.63, 3.8) is 0 Å². The van der Waals surface area contributed by atoms with Crippen LogP contribution < -0.4 is 5.32 Å². The molecule has 2 heteroatoms. The fourth-order valence-corrected chi connectivity index (χ4v) is 2.58. The van der Waals surface area contributed by atoms with E-state index in [1.165, 1.54) is 12.8 Å². The van der Waals surface area contributed by atoms with Crippen LogP contribution in [0.15, 0.2) is 0 Å². The molecule has 0 aromatic heterocycles. The molecule has 96 valence electrons. The molecule has 0 radical (unpaired) electrons. The zero-order valence-electron chi connectivity index (χ0n) is 11.7. The molecule has 0 aliphatic carbocycles. The van der Waals surface area contributed by atoms with E-state index in [0.29, 0.717) is 0 Å².